The molecule has 4 aromatic rings. The van der Waals surface area contributed by atoms with Crippen molar-refractivity contribution < 1.29 is 0 Å². The second-order valence-corrected chi connectivity index (χ2v) is 23.0. The van der Waals surface area contributed by atoms with Crippen LogP contribution < -0.4 is 20.0 Å². The Morgan fingerprint density at radius 2 is 0.850 bits per heavy atom. The maximum absolute atomic E-state index is 2.73. The van der Waals surface area contributed by atoms with Crippen LogP contribution in [0.5, 0.6) is 0 Å². The summed E-state index contributed by atoms with van der Waals surface area (Å²) in [7, 11) is -1.20. The van der Waals surface area contributed by atoms with E-state index < -0.39 is 28.4 Å². The topological polar surface area (TPSA) is 6.48 Å². The average molecular weight is 651 g/mol. The summed E-state index contributed by atoms with van der Waals surface area (Å²) < 4.78 is 0. The molecule has 40 heavy (non-hydrogen) atoms. The van der Waals surface area contributed by atoms with Gasteiger partial charge in [0.2, 0.25) is 0 Å². The zero-order valence-electron chi connectivity index (χ0n) is 26.0. The molecule has 1 heterocycles. The maximum atomic E-state index is 2.73. The van der Waals surface area contributed by atoms with Crippen molar-refractivity contribution in [3.8, 4) is 0 Å². The quantitative estimate of drug-likeness (QED) is 0.213. The normalized spacial score (nSPS) is 13.2. The molecule has 2 nitrogen and oxygen atoms in total. The van der Waals surface area contributed by atoms with E-state index in [1.54, 1.807) is 0 Å². The van der Waals surface area contributed by atoms with Crippen molar-refractivity contribution in [1.29, 1.82) is 0 Å². The summed E-state index contributed by atoms with van der Waals surface area (Å²) in [5, 5.41) is 2.92. The van der Waals surface area contributed by atoms with Gasteiger partial charge in [-0.3, -0.25) is 0 Å². The predicted octanol–water partition coefficient (Wildman–Crippen LogP) is 7.11. The van der Waals surface area contributed by atoms with Crippen molar-refractivity contribution in [3.05, 3.63) is 118 Å². The first-order chi connectivity index (χ1) is 19.1. The van der Waals surface area contributed by atoms with E-state index in [0.29, 0.717) is 0 Å². The number of nitrogens with zero attached hydrogens (tertiary/aromatic N) is 2. The third kappa shape index (κ3) is 6.88. The molecule has 0 aromatic heterocycles. The van der Waals surface area contributed by atoms with Gasteiger partial charge in [-0.15, -0.1) is 0 Å². The summed E-state index contributed by atoms with van der Waals surface area (Å²) in [5.74, 6) is 0. The summed E-state index contributed by atoms with van der Waals surface area (Å²) in [6.07, 6.45) is 0. The fourth-order valence-corrected chi connectivity index (χ4v) is 9.53. The van der Waals surface area contributed by atoms with Crippen LogP contribution in [0, 0.1) is 41.5 Å². The Morgan fingerprint density at radius 3 is 1.15 bits per heavy atom. The van der Waals surface area contributed by atoms with Crippen LogP contribution in [0.1, 0.15) is 33.4 Å². The molecule has 2 radical (unpaired) electrons. The molecule has 0 N–H and O–H groups in total. The van der Waals surface area contributed by atoms with Gasteiger partial charge >= 0.3 is 41.2 Å². The molecule has 4 aromatic carbocycles. The van der Waals surface area contributed by atoms with E-state index in [9.17, 15) is 0 Å². The monoisotopic (exact) mass is 652 g/mol. The van der Waals surface area contributed by atoms with Gasteiger partial charge in [0.1, 0.15) is 8.67 Å². The third-order valence-electron chi connectivity index (χ3n) is 7.45. The molecular formula is C35H45BN2SiSn. The van der Waals surface area contributed by atoms with Crippen molar-refractivity contribution in [2.24, 2.45) is 0 Å². The molecule has 0 bridgehead atoms. The summed E-state index contributed by atoms with van der Waals surface area (Å²) in [5.41, 5.74) is 11.0. The van der Waals surface area contributed by atoms with E-state index >= 15 is 0 Å². The molecule has 1 saturated heterocycles. The van der Waals surface area contributed by atoms with E-state index in [1.807, 2.05) is 0 Å². The standard InChI is InChI=1S/C32H36BN2Si.3CH3.Sn/c1-23-19-25(3)31(26(4)20-23)34-17-18-35(32-27(5)21-24(2)22-28(32)6)33(34)36(29-13-9-7-10-14-29)30-15-11-8-12-16-30;;;;/h7-16,19-22H,17-18H2,1-6H3;3*1H3;. The number of aryl methyl sites for hydroxylation is 6. The van der Waals surface area contributed by atoms with Gasteiger partial charge in [0.05, 0.1) is 0 Å². The van der Waals surface area contributed by atoms with Gasteiger partial charge in [0.15, 0.2) is 0 Å². The van der Waals surface area contributed by atoms with Gasteiger partial charge in [-0.1, -0.05) is 106 Å². The van der Waals surface area contributed by atoms with Crippen LogP contribution in [0.2, 0.25) is 14.8 Å². The summed E-state index contributed by atoms with van der Waals surface area (Å²) >= 11 is -0.543. The van der Waals surface area contributed by atoms with Crippen LogP contribution in [-0.2, 0) is 0 Å². The van der Waals surface area contributed by atoms with Gasteiger partial charge in [-0.2, -0.15) is 0 Å². The van der Waals surface area contributed by atoms with Crippen LogP contribution >= 0.6 is 0 Å². The Labute approximate surface area is 252 Å². The molecular weight excluding hydrogens is 606 g/mol. The van der Waals surface area contributed by atoms with Crippen LogP contribution in [0.3, 0.4) is 0 Å². The minimum absolute atomic E-state index is 0.264. The van der Waals surface area contributed by atoms with E-state index in [1.165, 1.54) is 55.1 Å². The SMILES string of the molecule is Cc1cc(C)c(N2CCN(c3c(C)cc(C)cc3C)B2[Si](c2ccccc2)c2ccccc2)c(C)c1.[CH3][Sn]([CH3])[CH3]. The van der Waals surface area contributed by atoms with Gasteiger partial charge in [-0.05, 0) is 63.8 Å². The number of rotatable bonds is 5. The first-order valence-corrected chi connectivity index (χ1v) is 24.7. The van der Waals surface area contributed by atoms with Gasteiger partial charge < -0.3 is 9.62 Å². The Kier molecular flexibility index (Phi) is 10.3. The second-order valence-electron chi connectivity index (χ2n) is 11.9. The van der Waals surface area contributed by atoms with Gasteiger partial charge in [0.25, 0.3) is 0 Å². The summed E-state index contributed by atoms with van der Waals surface area (Å²) in [6, 6.07) is 31.9. The van der Waals surface area contributed by atoms with Crippen LogP contribution in [0.15, 0.2) is 84.9 Å². The van der Waals surface area contributed by atoms with E-state index in [-0.39, 0.29) is 6.57 Å². The molecule has 0 spiro atoms. The van der Waals surface area contributed by atoms with Crippen molar-refractivity contribution in [2.45, 2.75) is 56.4 Å². The average Bonchev–Trinajstić information content (AvgIpc) is 3.27. The first-order valence-electron chi connectivity index (χ1n) is 14.5. The Bertz CT molecular complexity index is 1270. The number of hydrogen-bond donors (Lipinski definition) is 0. The first kappa shape index (κ1) is 30.5. The zero-order chi connectivity index (χ0) is 29.0. The molecule has 1 fully saturated rings. The van der Waals surface area contributed by atoms with E-state index in [4.69, 9.17) is 0 Å². The fourth-order valence-electron chi connectivity index (χ4n) is 6.36. The van der Waals surface area contributed by atoms with Crippen LogP contribution in [0.4, 0.5) is 11.4 Å². The summed E-state index contributed by atoms with van der Waals surface area (Å²) in [4.78, 5) is 12.6. The number of hydrogen-bond acceptors (Lipinski definition) is 2. The van der Waals surface area contributed by atoms with Crippen molar-refractivity contribution >= 4 is 56.7 Å². The van der Waals surface area contributed by atoms with Crippen molar-refractivity contribution in [2.75, 3.05) is 22.7 Å². The molecule has 0 aliphatic carbocycles. The number of benzene rings is 4. The molecule has 5 rings (SSSR count). The molecule has 0 saturated carbocycles. The van der Waals surface area contributed by atoms with Crippen molar-refractivity contribution in [1.82, 2.24) is 0 Å². The minimum atomic E-state index is -1.20. The predicted molar refractivity (Wildman–Crippen MR) is 183 cm³/mol. The summed E-state index contributed by atoms with van der Waals surface area (Å²) in [6.45, 7) is 15.9. The molecule has 0 atom stereocenters. The Balaban J connectivity index is 0.000000867. The number of anilines is 2. The van der Waals surface area contributed by atoms with E-state index in [0.717, 1.165) is 13.1 Å². The molecule has 0 amide bonds. The Morgan fingerprint density at radius 1 is 0.550 bits per heavy atom. The molecule has 1 aliphatic heterocycles. The van der Waals surface area contributed by atoms with Crippen LogP contribution in [0.25, 0.3) is 0 Å². The second kappa shape index (κ2) is 13.5. The molecule has 0 unspecified atom stereocenters. The van der Waals surface area contributed by atoms with Gasteiger partial charge in [-0.25, -0.2) is 0 Å². The zero-order valence-corrected chi connectivity index (χ0v) is 29.8. The molecule has 5 heteroatoms. The fraction of sp³-hybridized carbons (Fsp3) is 0.314. The van der Waals surface area contributed by atoms with Crippen LogP contribution in [-0.4, -0.2) is 48.1 Å². The third-order valence-corrected chi connectivity index (χ3v) is 10.5. The molecule has 206 valence electrons. The van der Waals surface area contributed by atoms with Gasteiger partial charge in [0, 0.05) is 24.5 Å². The van der Waals surface area contributed by atoms with E-state index in [2.05, 4.69) is 151 Å². The van der Waals surface area contributed by atoms with Crippen molar-refractivity contribution in [3.63, 3.8) is 0 Å². The Hall–Kier alpha value is -2.44. The molecule has 1 aliphatic rings.